The Balaban J connectivity index is 1.87. The highest BCUT2D eigenvalue weighted by molar-refractivity contribution is 5.78. The van der Waals surface area contributed by atoms with Crippen molar-refractivity contribution in [3.8, 4) is 0 Å². The molecule has 0 bridgehead atoms. The van der Waals surface area contributed by atoms with Crippen LogP contribution < -0.4 is 0 Å². The monoisotopic (exact) mass is 256 g/mol. The standard InChI is InChI=1S/C13H24N2O3/c1-10-3-4-14(12(10)9-16)8-13(17)15-5-6-18-11(2)7-15/h10-12,16H,3-9H2,1-2H3. The molecule has 0 spiro atoms. The van der Waals surface area contributed by atoms with Gasteiger partial charge in [0, 0.05) is 19.1 Å². The van der Waals surface area contributed by atoms with Gasteiger partial charge in [0.25, 0.3) is 0 Å². The molecule has 0 saturated carbocycles. The molecule has 3 unspecified atom stereocenters. The molecular formula is C13H24N2O3. The topological polar surface area (TPSA) is 53.0 Å². The van der Waals surface area contributed by atoms with E-state index in [2.05, 4.69) is 11.8 Å². The SMILES string of the molecule is CC1CN(C(=O)CN2CCC(C)C2CO)CCO1. The van der Waals surface area contributed by atoms with Crippen LogP contribution in [0.2, 0.25) is 0 Å². The summed E-state index contributed by atoms with van der Waals surface area (Å²) in [7, 11) is 0. The Labute approximate surface area is 109 Å². The Morgan fingerprint density at radius 2 is 2.17 bits per heavy atom. The summed E-state index contributed by atoms with van der Waals surface area (Å²) in [5, 5.41) is 9.39. The lowest BCUT2D eigenvalue weighted by molar-refractivity contribution is -0.139. The molecule has 0 aromatic heterocycles. The van der Waals surface area contributed by atoms with Crippen LogP contribution in [0, 0.1) is 5.92 Å². The Morgan fingerprint density at radius 1 is 1.39 bits per heavy atom. The number of likely N-dealkylation sites (tertiary alicyclic amines) is 1. The molecule has 5 heteroatoms. The molecule has 2 fully saturated rings. The number of amides is 1. The van der Waals surface area contributed by atoms with E-state index < -0.39 is 0 Å². The highest BCUT2D eigenvalue weighted by Crippen LogP contribution is 2.23. The number of aliphatic hydroxyl groups is 1. The smallest absolute Gasteiger partial charge is 0.236 e. The minimum Gasteiger partial charge on any atom is -0.395 e. The number of carbonyl (C=O) groups excluding carboxylic acids is 1. The van der Waals surface area contributed by atoms with Gasteiger partial charge in [0.1, 0.15) is 0 Å². The van der Waals surface area contributed by atoms with E-state index in [0.29, 0.717) is 32.2 Å². The van der Waals surface area contributed by atoms with Crippen LogP contribution in [0.15, 0.2) is 0 Å². The summed E-state index contributed by atoms with van der Waals surface area (Å²) >= 11 is 0. The number of carbonyl (C=O) groups is 1. The first kappa shape index (κ1) is 13.8. The van der Waals surface area contributed by atoms with E-state index in [-0.39, 0.29) is 24.7 Å². The number of morpholine rings is 1. The Kier molecular flexibility index (Phi) is 4.59. The third-order valence-electron chi connectivity index (χ3n) is 4.12. The molecule has 18 heavy (non-hydrogen) atoms. The minimum atomic E-state index is 0.133. The summed E-state index contributed by atoms with van der Waals surface area (Å²) in [4.78, 5) is 16.2. The van der Waals surface area contributed by atoms with E-state index >= 15 is 0 Å². The zero-order valence-corrected chi connectivity index (χ0v) is 11.3. The Hall–Kier alpha value is -0.650. The highest BCUT2D eigenvalue weighted by Gasteiger charge is 2.33. The van der Waals surface area contributed by atoms with Crippen molar-refractivity contribution in [2.45, 2.75) is 32.4 Å². The van der Waals surface area contributed by atoms with Crippen LogP contribution in [-0.4, -0.2) is 72.4 Å². The van der Waals surface area contributed by atoms with Gasteiger partial charge in [-0.15, -0.1) is 0 Å². The van der Waals surface area contributed by atoms with Crippen LogP contribution in [0.1, 0.15) is 20.3 Å². The quantitative estimate of drug-likeness (QED) is 0.768. The number of hydrogen-bond donors (Lipinski definition) is 1. The maximum atomic E-state index is 12.2. The Bertz CT molecular complexity index is 298. The van der Waals surface area contributed by atoms with Crippen LogP contribution in [0.25, 0.3) is 0 Å². The van der Waals surface area contributed by atoms with E-state index in [1.807, 2.05) is 11.8 Å². The maximum absolute atomic E-state index is 12.2. The van der Waals surface area contributed by atoms with Crippen molar-refractivity contribution in [3.05, 3.63) is 0 Å². The van der Waals surface area contributed by atoms with E-state index in [1.54, 1.807) is 0 Å². The normalized spacial score (nSPS) is 33.9. The van der Waals surface area contributed by atoms with Crippen molar-refractivity contribution in [1.82, 2.24) is 9.80 Å². The molecule has 104 valence electrons. The lowest BCUT2D eigenvalue weighted by Crippen LogP contribution is -2.49. The largest absolute Gasteiger partial charge is 0.395 e. The molecule has 2 aliphatic rings. The van der Waals surface area contributed by atoms with Crippen LogP contribution in [0.4, 0.5) is 0 Å². The number of ether oxygens (including phenoxy) is 1. The summed E-state index contributed by atoms with van der Waals surface area (Å²) in [6, 6.07) is 0.146. The van der Waals surface area contributed by atoms with Crippen molar-refractivity contribution in [2.24, 2.45) is 5.92 Å². The predicted octanol–water partition coefficient (Wildman–Crippen LogP) is -0.0636. The maximum Gasteiger partial charge on any atom is 0.236 e. The molecule has 0 aliphatic carbocycles. The molecular weight excluding hydrogens is 232 g/mol. The summed E-state index contributed by atoms with van der Waals surface area (Å²) in [5.41, 5.74) is 0. The van der Waals surface area contributed by atoms with Gasteiger partial charge in [-0.2, -0.15) is 0 Å². The van der Waals surface area contributed by atoms with Gasteiger partial charge < -0.3 is 14.7 Å². The van der Waals surface area contributed by atoms with Gasteiger partial charge in [0.2, 0.25) is 5.91 Å². The predicted molar refractivity (Wildman–Crippen MR) is 68.2 cm³/mol. The second-order valence-electron chi connectivity index (χ2n) is 5.51. The van der Waals surface area contributed by atoms with Gasteiger partial charge in [-0.25, -0.2) is 0 Å². The lowest BCUT2D eigenvalue weighted by Gasteiger charge is -2.33. The summed E-state index contributed by atoms with van der Waals surface area (Å²) in [6.45, 7) is 7.64. The third-order valence-corrected chi connectivity index (χ3v) is 4.12. The van der Waals surface area contributed by atoms with Gasteiger partial charge in [0.05, 0.1) is 25.9 Å². The average molecular weight is 256 g/mol. The number of hydrogen-bond acceptors (Lipinski definition) is 4. The summed E-state index contributed by atoms with van der Waals surface area (Å²) < 4.78 is 5.44. The molecule has 1 amide bonds. The fourth-order valence-electron chi connectivity index (χ4n) is 2.90. The van der Waals surface area contributed by atoms with Gasteiger partial charge in [-0.1, -0.05) is 6.92 Å². The summed E-state index contributed by atoms with van der Waals surface area (Å²) in [5.74, 6) is 0.643. The van der Waals surface area contributed by atoms with E-state index in [0.717, 1.165) is 13.0 Å². The van der Waals surface area contributed by atoms with E-state index in [4.69, 9.17) is 4.74 Å². The van der Waals surface area contributed by atoms with Crippen molar-refractivity contribution in [3.63, 3.8) is 0 Å². The van der Waals surface area contributed by atoms with Gasteiger partial charge in [-0.3, -0.25) is 9.69 Å². The highest BCUT2D eigenvalue weighted by atomic mass is 16.5. The average Bonchev–Trinajstić information content (AvgIpc) is 2.69. The van der Waals surface area contributed by atoms with Crippen LogP contribution in [0.5, 0.6) is 0 Å². The summed E-state index contributed by atoms with van der Waals surface area (Å²) in [6.07, 6.45) is 1.20. The molecule has 2 heterocycles. The van der Waals surface area contributed by atoms with Crippen molar-refractivity contribution >= 4 is 5.91 Å². The molecule has 3 atom stereocenters. The van der Waals surface area contributed by atoms with Crippen molar-refractivity contribution in [1.29, 1.82) is 0 Å². The molecule has 2 rings (SSSR count). The van der Waals surface area contributed by atoms with Crippen LogP contribution in [0.3, 0.4) is 0 Å². The first-order chi connectivity index (χ1) is 8.61. The zero-order valence-electron chi connectivity index (χ0n) is 11.3. The van der Waals surface area contributed by atoms with Gasteiger partial charge >= 0.3 is 0 Å². The Morgan fingerprint density at radius 3 is 2.83 bits per heavy atom. The van der Waals surface area contributed by atoms with E-state index in [9.17, 15) is 9.90 Å². The van der Waals surface area contributed by atoms with Crippen LogP contribution >= 0.6 is 0 Å². The molecule has 5 nitrogen and oxygen atoms in total. The van der Waals surface area contributed by atoms with Crippen LogP contribution in [-0.2, 0) is 9.53 Å². The third kappa shape index (κ3) is 3.02. The second kappa shape index (κ2) is 5.99. The molecule has 0 aromatic carbocycles. The van der Waals surface area contributed by atoms with Gasteiger partial charge in [-0.05, 0) is 25.8 Å². The molecule has 0 aromatic rings. The second-order valence-corrected chi connectivity index (χ2v) is 5.51. The van der Waals surface area contributed by atoms with Crippen molar-refractivity contribution in [2.75, 3.05) is 39.4 Å². The van der Waals surface area contributed by atoms with E-state index in [1.165, 1.54) is 0 Å². The zero-order chi connectivity index (χ0) is 13.1. The molecule has 2 saturated heterocycles. The van der Waals surface area contributed by atoms with Crippen molar-refractivity contribution < 1.29 is 14.6 Å². The van der Waals surface area contributed by atoms with Gasteiger partial charge in [0.15, 0.2) is 0 Å². The first-order valence-corrected chi connectivity index (χ1v) is 6.86. The number of nitrogens with zero attached hydrogens (tertiary/aromatic N) is 2. The number of rotatable bonds is 3. The minimum absolute atomic E-state index is 0.133. The number of aliphatic hydroxyl groups excluding tert-OH is 1. The molecule has 0 radical (unpaired) electrons. The fraction of sp³-hybridized carbons (Fsp3) is 0.923. The lowest BCUT2D eigenvalue weighted by atomic mass is 10.0. The fourth-order valence-corrected chi connectivity index (χ4v) is 2.90. The first-order valence-electron chi connectivity index (χ1n) is 6.86. The molecule has 2 aliphatic heterocycles. The molecule has 1 N–H and O–H groups in total.